The highest BCUT2D eigenvalue weighted by molar-refractivity contribution is 7.18. The fourth-order valence-corrected chi connectivity index (χ4v) is 4.05. The number of aryl methyl sites for hydroxylation is 1. The summed E-state index contributed by atoms with van der Waals surface area (Å²) in [7, 11) is 0. The first-order chi connectivity index (χ1) is 17.2. The first-order valence-corrected chi connectivity index (χ1v) is 11.6. The van der Waals surface area contributed by atoms with Crippen LogP contribution in [0.2, 0.25) is 0 Å². The standard InChI is InChI=1S/C24H21F3N6O2S/c1-3-28-23-31-13-20(36-23)15-5-8-18(9-6-15)35-22-29-11-17(12-30-22)33-21(34)32-16-7-4-14(2)19(10-16)24(25,26)27/h4-13H,3H2,1-2H3,(H,28,31)(H2,32,33,34). The number of amides is 2. The van der Waals surface area contributed by atoms with Gasteiger partial charge in [0.15, 0.2) is 5.13 Å². The van der Waals surface area contributed by atoms with Crippen molar-refractivity contribution in [2.24, 2.45) is 0 Å². The number of thiazole rings is 1. The van der Waals surface area contributed by atoms with Gasteiger partial charge in [-0.25, -0.2) is 19.7 Å². The summed E-state index contributed by atoms with van der Waals surface area (Å²) in [6.07, 6.45) is -0.0606. The van der Waals surface area contributed by atoms with Crippen LogP contribution in [0, 0.1) is 6.92 Å². The zero-order valence-corrected chi connectivity index (χ0v) is 20.0. The number of ether oxygens (including phenoxy) is 1. The summed E-state index contributed by atoms with van der Waals surface area (Å²) in [5.74, 6) is 0.522. The largest absolute Gasteiger partial charge is 0.424 e. The van der Waals surface area contributed by atoms with Gasteiger partial charge < -0.3 is 20.7 Å². The van der Waals surface area contributed by atoms with E-state index in [9.17, 15) is 18.0 Å². The van der Waals surface area contributed by atoms with E-state index >= 15 is 0 Å². The van der Waals surface area contributed by atoms with Crippen LogP contribution in [0.5, 0.6) is 11.8 Å². The number of anilines is 3. The molecule has 0 unspecified atom stereocenters. The molecule has 0 fully saturated rings. The zero-order chi connectivity index (χ0) is 25.7. The minimum atomic E-state index is -4.51. The number of alkyl halides is 3. The smallest absolute Gasteiger partial charge is 0.416 e. The molecule has 0 spiro atoms. The van der Waals surface area contributed by atoms with Gasteiger partial charge in [0.05, 0.1) is 28.5 Å². The molecular formula is C24H21F3N6O2S. The Bertz CT molecular complexity index is 1340. The second-order valence-corrected chi connectivity index (χ2v) is 8.58. The molecule has 4 aromatic rings. The molecule has 0 saturated heterocycles. The predicted octanol–water partition coefficient (Wildman–Crippen LogP) is 6.80. The molecule has 0 radical (unpaired) electrons. The van der Waals surface area contributed by atoms with Gasteiger partial charge in [-0.05, 0) is 61.4 Å². The van der Waals surface area contributed by atoms with Crippen molar-refractivity contribution in [1.82, 2.24) is 15.0 Å². The quantitative estimate of drug-likeness (QED) is 0.251. The monoisotopic (exact) mass is 514 g/mol. The maximum absolute atomic E-state index is 13.1. The number of rotatable bonds is 7. The van der Waals surface area contributed by atoms with Gasteiger partial charge in [-0.2, -0.15) is 13.2 Å². The number of benzene rings is 2. The summed E-state index contributed by atoms with van der Waals surface area (Å²) in [6, 6.07) is 10.2. The highest BCUT2D eigenvalue weighted by Crippen LogP contribution is 2.33. The van der Waals surface area contributed by atoms with Gasteiger partial charge in [0, 0.05) is 18.4 Å². The SMILES string of the molecule is CCNc1ncc(-c2ccc(Oc3ncc(NC(=O)Nc4ccc(C)c(C(F)(F)F)c4)cn3)cc2)s1. The lowest BCUT2D eigenvalue weighted by molar-refractivity contribution is -0.138. The van der Waals surface area contributed by atoms with E-state index in [0.29, 0.717) is 5.75 Å². The van der Waals surface area contributed by atoms with Crippen LogP contribution in [-0.4, -0.2) is 27.5 Å². The third-order valence-corrected chi connectivity index (χ3v) is 5.87. The molecule has 186 valence electrons. The average Bonchev–Trinajstić information content (AvgIpc) is 3.30. The third kappa shape index (κ3) is 6.27. The number of halogens is 3. The van der Waals surface area contributed by atoms with Crippen LogP contribution in [0.1, 0.15) is 18.1 Å². The Hall–Kier alpha value is -4.19. The molecule has 2 aromatic heterocycles. The van der Waals surface area contributed by atoms with E-state index < -0.39 is 17.8 Å². The normalized spacial score (nSPS) is 11.1. The Morgan fingerprint density at radius 2 is 1.67 bits per heavy atom. The molecule has 0 saturated carbocycles. The minimum absolute atomic E-state index is 0.00548. The molecule has 2 amide bonds. The summed E-state index contributed by atoms with van der Waals surface area (Å²) < 4.78 is 44.9. The molecule has 3 N–H and O–H groups in total. The van der Waals surface area contributed by atoms with E-state index in [-0.39, 0.29) is 22.9 Å². The maximum atomic E-state index is 13.1. The van der Waals surface area contributed by atoms with Crippen LogP contribution >= 0.6 is 11.3 Å². The average molecular weight is 515 g/mol. The number of carbonyl (C=O) groups is 1. The van der Waals surface area contributed by atoms with Crippen LogP contribution in [0.15, 0.2) is 61.1 Å². The second-order valence-electron chi connectivity index (χ2n) is 7.55. The first kappa shape index (κ1) is 24.9. The lowest BCUT2D eigenvalue weighted by Gasteiger charge is -2.13. The molecule has 0 aliphatic carbocycles. The lowest BCUT2D eigenvalue weighted by atomic mass is 10.1. The van der Waals surface area contributed by atoms with Crippen molar-refractivity contribution in [3.8, 4) is 22.2 Å². The first-order valence-electron chi connectivity index (χ1n) is 10.8. The van der Waals surface area contributed by atoms with E-state index in [1.165, 1.54) is 31.5 Å². The molecule has 36 heavy (non-hydrogen) atoms. The highest BCUT2D eigenvalue weighted by atomic mass is 32.1. The predicted molar refractivity (Wildman–Crippen MR) is 133 cm³/mol. The summed E-state index contributed by atoms with van der Waals surface area (Å²) in [4.78, 5) is 25.6. The number of nitrogens with zero attached hydrogens (tertiary/aromatic N) is 3. The van der Waals surface area contributed by atoms with E-state index in [0.717, 1.165) is 28.2 Å². The van der Waals surface area contributed by atoms with Crippen LogP contribution in [-0.2, 0) is 6.18 Å². The van der Waals surface area contributed by atoms with Crippen molar-refractivity contribution in [1.29, 1.82) is 0 Å². The molecule has 12 heteroatoms. The Balaban J connectivity index is 1.34. The number of hydrogen-bond donors (Lipinski definition) is 3. The van der Waals surface area contributed by atoms with E-state index in [2.05, 4.69) is 30.9 Å². The summed E-state index contributed by atoms with van der Waals surface area (Å²) in [5.41, 5.74) is 0.481. The molecule has 2 aromatic carbocycles. The van der Waals surface area contributed by atoms with E-state index in [1.54, 1.807) is 29.7 Å². The Morgan fingerprint density at radius 3 is 2.33 bits per heavy atom. The van der Waals surface area contributed by atoms with Crippen LogP contribution in [0.3, 0.4) is 0 Å². The molecular weight excluding hydrogens is 493 g/mol. The van der Waals surface area contributed by atoms with Crippen molar-refractivity contribution in [3.63, 3.8) is 0 Å². The Labute approximate surface area is 208 Å². The van der Waals surface area contributed by atoms with Crippen molar-refractivity contribution >= 4 is 33.9 Å². The van der Waals surface area contributed by atoms with Crippen molar-refractivity contribution in [2.45, 2.75) is 20.0 Å². The third-order valence-electron chi connectivity index (χ3n) is 4.87. The maximum Gasteiger partial charge on any atom is 0.416 e. The van der Waals surface area contributed by atoms with Gasteiger partial charge in [0.2, 0.25) is 0 Å². The molecule has 4 rings (SSSR count). The molecule has 2 heterocycles. The Kier molecular flexibility index (Phi) is 7.34. The summed E-state index contributed by atoms with van der Waals surface area (Å²) in [5, 5.41) is 8.87. The Morgan fingerprint density at radius 1 is 0.972 bits per heavy atom. The number of hydrogen-bond acceptors (Lipinski definition) is 7. The van der Waals surface area contributed by atoms with Gasteiger partial charge in [0.1, 0.15) is 5.75 Å². The van der Waals surface area contributed by atoms with Gasteiger partial charge in [-0.1, -0.05) is 17.4 Å². The summed E-state index contributed by atoms with van der Waals surface area (Å²) >= 11 is 1.55. The number of aromatic nitrogens is 3. The van der Waals surface area contributed by atoms with E-state index in [1.807, 2.05) is 19.1 Å². The topological polar surface area (TPSA) is 101 Å². The number of nitrogens with one attached hydrogen (secondary N) is 3. The summed E-state index contributed by atoms with van der Waals surface area (Å²) in [6.45, 7) is 4.16. The highest BCUT2D eigenvalue weighted by Gasteiger charge is 2.32. The van der Waals surface area contributed by atoms with Gasteiger partial charge >= 0.3 is 18.2 Å². The minimum Gasteiger partial charge on any atom is -0.424 e. The second kappa shape index (κ2) is 10.6. The molecule has 0 atom stereocenters. The fourth-order valence-electron chi connectivity index (χ4n) is 3.17. The van der Waals surface area contributed by atoms with Crippen LogP contribution in [0.4, 0.5) is 34.5 Å². The van der Waals surface area contributed by atoms with Gasteiger partial charge in [0.25, 0.3) is 0 Å². The lowest BCUT2D eigenvalue weighted by Crippen LogP contribution is -2.20. The van der Waals surface area contributed by atoms with Crippen molar-refractivity contribution < 1.29 is 22.7 Å². The van der Waals surface area contributed by atoms with Crippen LogP contribution < -0.4 is 20.7 Å². The molecule has 0 aliphatic rings. The molecule has 8 nitrogen and oxygen atoms in total. The van der Waals surface area contributed by atoms with Crippen molar-refractivity contribution in [2.75, 3.05) is 22.5 Å². The van der Waals surface area contributed by atoms with E-state index in [4.69, 9.17) is 4.74 Å². The van der Waals surface area contributed by atoms with Gasteiger partial charge in [-0.3, -0.25) is 0 Å². The number of urea groups is 1. The molecule has 0 bridgehead atoms. The number of carbonyl (C=O) groups excluding carboxylic acids is 1. The van der Waals surface area contributed by atoms with Crippen LogP contribution in [0.25, 0.3) is 10.4 Å². The zero-order valence-electron chi connectivity index (χ0n) is 19.2. The molecule has 0 aliphatic heterocycles. The fraction of sp³-hybridized carbons (Fsp3) is 0.167. The van der Waals surface area contributed by atoms with Gasteiger partial charge in [-0.15, -0.1) is 0 Å². The van der Waals surface area contributed by atoms with Crippen molar-refractivity contribution in [3.05, 3.63) is 72.2 Å².